The normalized spacial score (nSPS) is 12.2. The van der Waals surface area contributed by atoms with Crippen LogP contribution in [0.1, 0.15) is 5.56 Å². The van der Waals surface area contributed by atoms with Gasteiger partial charge in [0.1, 0.15) is 16.2 Å². The number of nitro groups is 1. The van der Waals surface area contributed by atoms with Crippen LogP contribution in [0.25, 0.3) is 28.0 Å². The van der Waals surface area contributed by atoms with Crippen molar-refractivity contribution in [2.24, 2.45) is 7.05 Å². The Morgan fingerprint density at radius 2 is 1.96 bits per heavy atom. The topological polar surface area (TPSA) is 91.7 Å². The number of hydrogen-bond donors (Lipinski definition) is 0. The first-order valence-corrected chi connectivity index (χ1v) is 7.77. The van der Waals surface area contributed by atoms with E-state index >= 15 is 0 Å². The summed E-state index contributed by atoms with van der Waals surface area (Å²) >= 11 is 6.30. The first-order chi connectivity index (χ1) is 12.7. The third-order valence-electron chi connectivity index (χ3n) is 4.01. The lowest BCUT2D eigenvalue weighted by molar-refractivity contribution is -0.384. The van der Waals surface area contributed by atoms with Gasteiger partial charge in [-0.05, 0) is 12.1 Å². The molecule has 0 spiro atoms. The molecule has 4 aromatic rings. The second-order valence-corrected chi connectivity index (χ2v) is 6.05. The summed E-state index contributed by atoms with van der Waals surface area (Å²) in [7, 11) is 1.55. The number of aryl methyl sites for hydroxylation is 1. The van der Waals surface area contributed by atoms with Crippen LogP contribution in [-0.2, 0) is 13.2 Å². The summed E-state index contributed by atoms with van der Waals surface area (Å²) < 4.78 is 41.3. The molecule has 27 heavy (non-hydrogen) atoms. The summed E-state index contributed by atoms with van der Waals surface area (Å²) in [4.78, 5) is 18.3. The molecule has 138 valence electrons. The van der Waals surface area contributed by atoms with Crippen LogP contribution in [0.4, 0.5) is 18.9 Å². The van der Waals surface area contributed by atoms with Crippen LogP contribution in [0.3, 0.4) is 0 Å². The zero-order valence-electron chi connectivity index (χ0n) is 13.4. The number of hydrogen-bond acceptors (Lipinski definition) is 5. The zero-order chi connectivity index (χ0) is 19.5. The summed E-state index contributed by atoms with van der Waals surface area (Å²) in [5.74, 6) is 0.126. The van der Waals surface area contributed by atoms with E-state index in [1.165, 1.54) is 27.4 Å². The molecule has 3 heterocycles. The van der Waals surface area contributed by atoms with Crippen LogP contribution in [0.5, 0.6) is 0 Å². The predicted octanol–water partition coefficient (Wildman–Crippen LogP) is 3.89. The monoisotopic (exact) mass is 396 g/mol. The summed E-state index contributed by atoms with van der Waals surface area (Å²) in [6, 6.07) is 4.86. The summed E-state index contributed by atoms with van der Waals surface area (Å²) in [5.41, 5.74) is -0.606. The largest absolute Gasteiger partial charge is 0.417 e. The van der Waals surface area contributed by atoms with E-state index in [0.717, 1.165) is 12.3 Å². The number of fused-ring (bicyclic) bond motifs is 2. The molecule has 1 aromatic carbocycles. The van der Waals surface area contributed by atoms with E-state index in [9.17, 15) is 23.3 Å². The van der Waals surface area contributed by atoms with E-state index in [2.05, 4.69) is 15.1 Å². The molecule has 3 aromatic heterocycles. The van der Waals surface area contributed by atoms with Gasteiger partial charge in [0.2, 0.25) is 5.95 Å². The van der Waals surface area contributed by atoms with Crippen LogP contribution in [-0.4, -0.2) is 29.2 Å². The number of non-ortho nitro benzene ring substituents is 1. The molecule has 0 fully saturated rings. The van der Waals surface area contributed by atoms with E-state index in [1.807, 2.05) is 0 Å². The van der Waals surface area contributed by atoms with Crippen LogP contribution >= 0.6 is 11.6 Å². The van der Waals surface area contributed by atoms with Crippen molar-refractivity contribution >= 4 is 39.4 Å². The average molecular weight is 397 g/mol. The van der Waals surface area contributed by atoms with Crippen molar-refractivity contribution in [2.75, 3.05) is 0 Å². The van der Waals surface area contributed by atoms with Gasteiger partial charge >= 0.3 is 6.18 Å². The third kappa shape index (κ3) is 2.67. The minimum absolute atomic E-state index is 0.0175. The number of aromatic nitrogens is 5. The third-order valence-corrected chi connectivity index (χ3v) is 4.37. The fourth-order valence-electron chi connectivity index (χ4n) is 2.70. The Morgan fingerprint density at radius 1 is 1.22 bits per heavy atom. The van der Waals surface area contributed by atoms with Crippen molar-refractivity contribution < 1.29 is 18.1 Å². The quantitative estimate of drug-likeness (QED) is 0.378. The average Bonchev–Trinajstić information content (AvgIpc) is 3.11. The molecule has 4 rings (SSSR count). The minimum Gasteiger partial charge on any atom is -0.296 e. The van der Waals surface area contributed by atoms with E-state index in [0.29, 0.717) is 5.39 Å². The van der Waals surface area contributed by atoms with Gasteiger partial charge in [-0.25, -0.2) is 9.97 Å². The van der Waals surface area contributed by atoms with Gasteiger partial charge in [0.25, 0.3) is 5.69 Å². The Kier molecular flexibility index (Phi) is 3.60. The molecule has 0 saturated carbocycles. The van der Waals surface area contributed by atoms with Gasteiger partial charge in [-0.15, -0.1) is 0 Å². The maximum absolute atomic E-state index is 12.9. The van der Waals surface area contributed by atoms with Gasteiger partial charge in [0.15, 0.2) is 5.65 Å². The Hall–Kier alpha value is -3.21. The number of rotatable bonds is 2. The Labute approximate surface area is 153 Å². The molecule has 0 bridgehead atoms. The molecule has 8 nitrogen and oxygen atoms in total. The summed E-state index contributed by atoms with van der Waals surface area (Å²) in [6.45, 7) is 0. The highest BCUT2D eigenvalue weighted by atomic mass is 35.5. The molecular formula is C15H8ClF3N6O2. The van der Waals surface area contributed by atoms with Crippen molar-refractivity contribution in [2.45, 2.75) is 6.18 Å². The fourth-order valence-corrected chi connectivity index (χ4v) is 2.97. The second kappa shape index (κ2) is 5.64. The molecular weight excluding hydrogens is 389 g/mol. The van der Waals surface area contributed by atoms with Gasteiger partial charge in [0.05, 0.1) is 10.5 Å². The van der Waals surface area contributed by atoms with Gasteiger partial charge in [-0.3, -0.25) is 14.7 Å². The zero-order valence-corrected chi connectivity index (χ0v) is 14.2. The van der Waals surface area contributed by atoms with Crippen molar-refractivity contribution in [3.63, 3.8) is 0 Å². The maximum atomic E-state index is 12.9. The number of nitro benzene ring substituents is 1. The van der Waals surface area contributed by atoms with E-state index in [-0.39, 0.29) is 33.5 Å². The van der Waals surface area contributed by atoms with Crippen LogP contribution < -0.4 is 0 Å². The van der Waals surface area contributed by atoms with E-state index in [4.69, 9.17) is 11.6 Å². The SMILES string of the molecule is Cn1c(-n2nc3cc([N+](=O)[O-])ccc3c2Cl)nc2cc(C(F)(F)F)cnc21. The highest BCUT2D eigenvalue weighted by Crippen LogP contribution is 2.32. The molecule has 12 heteroatoms. The van der Waals surface area contributed by atoms with Crippen LogP contribution in [0, 0.1) is 10.1 Å². The fraction of sp³-hybridized carbons (Fsp3) is 0.133. The van der Waals surface area contributed by atoms with E-state index in [1.54, 1.807) is 7.05 Å². The molecule has 0 N–H and O–H groups in total. The predicted molar refractivity (Wildman–Crippen MR) is 89.8 cm³/mol. The highest BCUT2D eigenvalue weighted by molar-refractivity contribution is 6.34. The van der Waals surface area contributed by atoms with Crippen molar-refractivity contribution in [3.8, 4) is 5.95 Å². The lowest BCUT2D eigenvalue weighted by Crippen LogP contribution is -2.06. The standard InChI is InChI=1S/C15H8ClF3N6O2/c1-23-13-11(4-7(6-20-13)15(17,18)19)21-14(23)24-12(16)9-3-2-8(25(26)27)5-10(9)22-24/h2-6H,1H3. The first-order valence-electron chi connectivity index (χ1n) is 7.39. The Balaban J connectivity index is 1.92. The molecule has 0 unspecified atom stereocenters. The molecule has 0 amide bonds. The van der Waals surface area contributed by atoms with Gasteiger partial charge in [-0.2, -0.15) is 23.0 Å². The summed E-state index contributed by atoms with van der Waals surface area (Å²) in [5, 5.41) is 15.7. The molecule has 0 aliphatic heterocycles. The van der Waals surface area contributed by atoms with Crippen LogP contribution in [0.15, 0.2) is 30.5 Å². The second-order valence-electron chi connectivity index (χ2n) is 5.70. The van der Waals surface area contributed by atoms with Crippen molar-refractivity contribution in [3.05, 3.63) is 51.3 Å². The van der Waals surface area contributed by atoms with Gasteiger partial charge < -0.3 is 0 Å². The van der Waals surface area contributed by atoms with Crippen molar-refractivity contribution in [1.82, 2.24) is 24.3 Å². The number of imidazole rings is 1. The van der Waals surface area contributed by atoms with Crippen LogP contribution in [0.2, 0.25) is 5.15 Å². The molecule has 0 aliphatic carbocycles. The first kappa shape index (κ1) is 17.2. The Morgan fingerprint density at radius 3 is 2.63 bits per heavy atom. The minimum atomic E-state index is -4.55. The number of halogens is 4. The smallest absolute Gasteiger partial charge is 0.296 e. The summed E-state index contributed by atoms with van der Waals surface area (Å²) in [6.07, 6.45) is -3.83. The number of nitrogens with zero attached hydrogens (tertiary/aromatic N) is 6. The maximum Gasteiger partial charge on any atom is 0.417 e. The number of pyridine rings is 1. The van der Waals surface area contributed by atoms with E-state index < -0.39 is 16.7 Å². The van der Waals surface area contributed by atoms with Crippen molar-refractivity contribution in [1.29, 1.82) is 0 Å². The number of alkyl halides is 3. The Bertz CT molecular complexity index is 1230. The van der Waals surface area contributed by atoms with Gasteiger partial charge in [-0.1, -0.05) is 11.6 Å². The lowest BCUT2D eigenvalue weighted by Gasteiger charge is -2.05. The molecule has 0 radical (unpaired) electrons. The highest BCUT2D eigenvalue weighted by Gasteiger charge is 2.32. The molecule has 0 aliphatic rings. The molecule has 0 saturated heterocycles. The van der Waals surface area contributed by atoms with Gasteiger partial charge in [0, 0.05) is 30.8 Å². The number of benzene rings is 1. The molecule has 0 atom stereocenters. The lowest BCUT2D eigenvalue weighted by atomic mass is 10.2.